The van der Waals surface area contributed by atoms with E-state index in [1.165, 1.54) is 12.1 Å². The normalized spacial score (nSPS) is 14.6. The minimum absolute atomic E-state index is 0.0379. The standard InChI is InChI=1S/C20H24FN3O3/c1-12(2)22-19(25)13(3)27-20(26)18-16-6-4-5-7-17(16)24(23-18)15-10-8-14(21)9-11-15/h8-13H,4-7H2,1-3H3,(H,22,25)/t13-/m0/s1. The van der Waals surface area contributed by atoms with Gasteiger partial charge in [-0.2, -0.15) is 5.10 Å². The highest BCUT2D eigenvalue weighted by Crippen LogP contribution is 2.27. The maximum Gasteiger partial charge on any atom is 0.359 e. The zero-order valence-electron chi connectivity index (χ0n) is 15.8. The van der Waals surface area contributed by atoms with Crippen molar-refractivity contribution in [1.29, 1.82) is 0 Å². The lowest BCUT2D eigenvalue weighted by molar-refractivity contribution is -0.129. The van der Waals surface area contributed by atoms with E-state index < -0.39 is 12.1 Å². The second kappa shape index (κ2) is 7.90. The van der Waals surface area contributed by atoms with E-state index in [-0.39, 0.29) is 23.5 Å². The van der Waals surface area contributed by atoms with Gasteiger partial charge in [0.25, 0.3) is 5.91 Å². The number of rotatable bonds is 5. The molecule has 0 aliphatic heterocycles. The number of carbonyl (C=O) groups excluding carboxylic acids is 2. The molecule has 7 heteroatoms. The largest absolute Gasteiger partial charge is 0.448 e. The van der Waals surface area contributed by atoms with E-state index in [0.717, 1.165) is 36.9 Å². The van der Waals surface area contributed by atoms with Crippen LogP contribution in [0.25, 0.3) is 5.69 Å². The summed E-state index contributed by atoms with van der Waals surface area (Å²) in [6.45, 7) is 5.22. The Kier molecular flexibility index (Phi) is 5.58. The van der Waals surface area contributed by atoms with Crippen LogP contribution in [0.5, 0.6) is 0 Å². The first-order valence-electron chi connectivity index (χ1n) is 9.25. The van der Waals surface area contributed by atoms with Crippen molar-refractivity contribution in [3.8, 4) is 5.69 Å². The number of hydrogen-bond donors (Lipinski definition) is 1. The quantitative estimate of drug-likeness (QED) is 0.818. The first kappa shape index (κ1) is 19.1. The van der Waals surface area contributed by atoms with Crippen molar-refractivity contribution in [3.05, 3.63) is 47.0 Å². The molecule has 1 aromatic carbocycles. The smallest absolute Gasteiger partial charge is 0.359 e. The van der Waals surface area contributed by atoms with Gasteiger partial charge in [0.15, 0.2) is 11.8 Å². The average molecular weight is 373 g/mol. The maximum absolute atomic E-state index is 13.2. The lowest BCUT2D eigenvalue weighted by Gasteiger charge is -2.16. The topological polar surface area (TPSA) is 73.2 Å². The van der Waals surface area contributed by atoms with Crippen molar-refractivity contribution in [2.45, 2.75) is 58.6 Å². The second-order valence-electron chi connectivity index (χ2n) is 7.08. The number of benzene rings is 1. The Labute approximate surface area is 157 Å². The van der Waals surface area contributed by atoms with Crippen LogP contribution in [0.1, 0.15) is 55.4 Å². The average Bonchev–Trinajstić information content (AvgIpc) is 3.01. The van der Waals surface area contributed by atoms with Crippen LogP contribution in [0.15, 0.2) is 24.3 Å². The minimum atomic E-state index is -0.907. The van der Waals surface area contributed by atoms with Gasteiger partial charge in [0.1, 0.15) is 5.82 Å². The Morgan fingerprint density at radius 1 is 1.15 bits per heavy atom. The van der Waals surface area contributed by atoms with Crippen LogP contribution in [-0.2, 0) is 22.4 Å². The van der Waals surface area contributed by atoms with E-state index in [1.54, 1.807) is 23.7 Å². The fourth-order valence-electron chi connectivity index (χ4n) is 3.23. The van der Waals surface area contributed by atoms with Crippen LogP contribution in [-0.4, -0.2) is 33.8 Å². The van der Waals surface area contributed by atoms with Crippen molar-refractivity contribution >= 4 is 11.9 Å². The number of nitrogens with zero attached hydrogens (tertiary/aromatic N) is 2. The van der Waals surface area contributed by atoms with E-state index in [2.05, 4.69) is 10.4 Å². The Morgan fingerprint density at radius 2 is 1.81 bits per heavy atom. The van der Waals surface area contributed by atoms with Gasteiger partial charge in [0, 0.05) is 17.3 Å². The van der Waals surface area contributed by atoms with E-state index in [4.69, 9.17) is 4.74 Å². The Hall–Kier alpha value is -2.70. The molecule has 3 rings (SSSR count). The highest BCUT2D eigenvalue weighted by Gasteiger charge is 2.28. The fraction of sp³-hybridized carbons (Fsp3) is 0.450. The predicted molar refractivity (Wildman–Crippen MR) is 98.3 cm³/mol. The number of aromatic nitrogens is 2. The van der Waals surface area contributed by atoms with E-state index in [9.17, 15) is 14.0 Å². The number of ether oxygens (including phenoxy) is 1. The molecule has 6 nitrogen and oxygen atoms in total. The summed E-state index contributed by atoms with van der Waals surface area (Å²) in [7, 11) is 0. The Bertz CT molecular complexity index is 843. The second-order valence-corrected chi connectivity index (χ2v) is 7.08. The van der Waals surface area contributed by atoms with Crippen LogP contribution < -0.4 is 5.32 Å². The van der Waals surface area contributed by atoms with Gasteiger partial charge in [-0.25, -0.2) is 13.9 Å². The van der Waals surface area contributed by atoms with Gasteiger partial charge in [0.2, 0.25) is 0 Å². The third-order valence-corrected chi connectivity index (χ3v) is 4.53. The number of fused-ring (bicyclic) bond motifs is 1. The van der Waals surface area contributed by atoms with Crippen molar-refractivity contribution in [1.82, 2.24) is 15.1 Å². The zero-order chi connectivity index (χ0) is 19.6. The molecule has 1 aliphatic carbocycles. The monoisotopic (exact) mass is 373 g/mol. The Balaban J connectivity index is 1.88. The van der Waals surface area contributed by atoms with Crippen LogP contribution in [0.2, 0.25) is 0 Å². The molecule has 0 saturated heterocycles. The lowest BCUT2D eigenvalue weighted by Crippen LogP contribution is -2.39. The molecular weight excluding hydrogens is 349 g/mol. The van der Waals surface area contributed by atoms with Crippen LogP contribution >= 0.6 is 0 Å². The third-order valence-electron chi connectivity index (χ3n) is 4.53. The summed E-state index contributed by atoms with van der Waals surface area (Å²) in [6, 6.07) is 5.95. The molecule has 144 valence electrons. The maximum atomic E-state index is 13.2. The molecule has 0 unspecified atom stereocenters. The summed E-state index contributed by atoms with van der Waals surface area (Å²) in [6.07, 6.45) is 2.58. The molecular formula is C20H24FN3O3. The molecule has 2 aromatic rings. The third kappa shape index (κ3) is 4.18. The molecule has 1 heterocycles. The summed E-state index contributed by atoms with van der Waals surface area (Å²) in [5.74, 6) is -1.28. The number of amides is 1. The van der Waals surface area contributed by atoms with Crippen LogP contribution in [0.3, 0.4) is 0 Å². The van der Waals surface area contributed by atoms with Gasteiger partial charge < -0.3 is 10.1 Å². The molecule has 0 saturated carbocycles. The minimum Gasteiger partial charge on any atom is -0.448 e. The van der Waals surface area contributed by atoms with Gasteiger partial charge in [-0.15, -0.1) is 0 Å². The number of carbonyl (C=O) groups is 2. The number of esters is 1. The first-order valence-corrected chi connectivity index (χ1v) is 9.25. The predicted octanol–water partition coefficient (Wildman–Crippen LogP) is 2.96. The number of hydrogen-bond acceptors (Lipinski definition) is 4. The summed E-state index contributed by atoms with van der Waals surface area (Å²) in [5.41, 5.74) is 2.73. The highest BCUT2D eigenvalue weighted by atomic mass is 19.1. The molecule has 0 bridgehead atoms. The lowest BCUT2D eigenvalue weighted by atomic mass is 9.95. The van der Waals surface area contributed by atoms with Gasteiger partial charge in [-0.3, -0.25) is 4.79 Å². The van der Waals surface area contributed by atoms with Crippen molar-refractivity contribution in [2.24, 2.45) is 0 Å². The summed E-state index contributed by atoms with van der Waals surface area (Å²) in [5, 5.41) is 7.17. The van der Waals surface area contributed by atoms with Gasteiger partial charge >= 0.3 is 5.97 Å². The fourth-order valence-corrected chi connectivity index (χ4v) is 3.23. The summed E-state index contributed by atoms with van der Waals surface area (Å²) in [4.78, 5) is 24.7. The number of halogens is 1. The molecule has 27 heavy (non-hydrogen) atoms. The SMILES string of the molecule is CC(C)NC(=O)[C@H](C)OC(=O)c1nn(-c2ccc(F)cc2)c2c1CCCC2. The zero-order valence-corrected chi connectivity index (χ0v) is 15.8. The molecule has 0 fully saturated rings. The number of nitrogens with one attached hydrogen (secondary N) is 1. The van der Waals surface area contributed by atoms with Crippen LogP contribution in [0, 0.1) is 5.82 Å². The molecule has 1 amide bonds. The summed E-state index contributed by atoms with van der Waals surface area (Å²) >= 11 is 0. The molecule has 1 aliphatic rings. The van der Waals surface area contributed by atoms with Crippen molar-refractivity contribution < 1.29 is 18.7 Å². The van der Waals surface area contributed by atoms with Crippen molar-refractivity contribution in [3.63, 3.8) is 0 Å². The Morgan fingerprint density at radius 3 is 2.48 bits per heavy atom. The van der Waals surface area contributed by atoms with Crippen LogP contribution in [0.4, 0.5) is 4.39 Å². The summed E-state index contributed by atoms with van der Waals surface area (Å²) < 4.78 is 20.3. The highest BCUT2D eigenvalue weighted by molar-refractivity contribution is 5.92. The van der Waals surface area contributed by atoms with Gasteiger partial charge in [0.05, 0.1) is 5.69 Å². The first-order chi connectivity index (χ1) is 12.9. The molecule has 0 radical (unpaired) electrons. The molecule has 1 aromatic heterocycles. The van der Waals surface area contributed by atoms with Gasteiger partial charge in [-0.05, 0) is 70.7 Å². The van der Waals surface area contributed by atoms with E-state index in [0.29, 0.717) is 5.69 Å². The van der Waals surface area contributed by atoms with E-state index >= 15 is 0 Å². The molecule has 1 N–H and O–H groups in total. The molecule has 0 spiro atoms. The van der Waals surface area contributed by atoms with Crippen molar-refractivity contribution in [2.75, 3.05) is 0 Å². The van der Waals surface area contributed by atoms with Gasteiger partial charge in [-0.1, -0.05) is 0 Å². The molecule has 1 atom stereocenters. The van der Waals surface area contributed by atoms with E-state index in [1.807, 2.05) is 13.8 Å².